The highest BCUT2D eigenvalue weighted by Crippen LogP contribution is 2.16. The molecule has 0 saturated carbocycles. The topological polar surface area (TPSA) is 79.2 Å². The number of tetrazole rings is 1. The molecule has 8 heteroatoms. The van der Waals surface area contributed by atoms with Gasteiger partial charge in [0.25, 0.3) is 0 Å². The summed E-state index contributed by atoms with van der Waals surface area (Å²) in [5, 5.41) is 14.9. The first kappa shape index (κ1) is 15.3. The van der Waals surface area contributed by atoms with Gasteiger partial charge in [-0.3, -0.25) is 0 Å². The first-order valence-electron chi connectivity index (χ1n) is 7.79. The Balaban J connectivity index is 1.67. The number of piperazine rings is 1. The minimum atomic E-state index is -0.0118. The predicted molar refractivity (Wildman–Crippen MR) is 86.6 cm³/mol. The Bertz CT molecular complexity index is 647. The first-order valence-corrected chi connectivity index (χ1v) is 7.79. The van der Waals surface area contributed by atoms with E-state index in [1.807, 2.05) is 49.1 Å². The predicted octanol–water partition coefficient (Wildman–Crippen LogP) is 0.902. The Labute approximate surface area is 135 Å². The van der Waals surface area contributed by atoms with Crippen LogP contribution >= 0.6 is 0 Å². The SMILES string of the molecule is CC(C)NC(=O)N1CCN(c2nnnn2-c2ccccc2)CC1. The number of para-hydroxylation sites is 1. The van der Waals surface area contributed by atoms with E-state index in [1.54, 1.807) is 4.68 Å². The summed E-state index contributed by atoms with van der Waals surface area (Å²) < 4.78 is 1.73. The average molecular weight is 315 g/mol. The summed E-state index contributed by atoms with van der Waals surface area (Å²) in [6.45, 7) is 6.64. The second kappa shape index (κ2) is 6.64. The molecule has 2 heterocycles. The lowest BCUT2D eigenvalue weighted by Gasteiger charge is -2.35. The Hall–Kier alpha value is -2.64. The Morgan fingerprint density at radius 1 is 1.13 bits per heavy atom. The van der Waals surface area contributed by atoms with Gasteiger partial charge in [0.2, 0.25) is 5.95 Å². The van der Waals surface area contributed by atoms with Crippen LogP contribution in [0.4, 0.5) is 10.7 Å². The van der Waals surface area contributed by atoms with Gasteiger partial charge in [-0.25, -0.2) is 4.79 Å². The molecule has 0 atom stereocenters. The van der Waals surface area contributed by atoms with Gasteiger partial charge in [0.1, 0.15) is 0 Å². The highest BCUT2D eigenvalue weighted by atomic mass is 16.2. The van der Waals surface area contributed by atoms with Crippen molar-refractivity contribution in [2.24, 2.45) is 0 Å². The first-order chi connectivity index (χ1) is 11.1. The van der Waals surface area contributed by atoms with Gasteiger partial charge in [0, 0.05) is 32.2 Å². The van der Waals surface area contributed by atoms with E-state index in [0.29, 0.717) is 32.1 Å². The van der Waals surface area contributed by atoms with E-state index in [2.05, 4.69) is 25.7 Å². The summed E-state index contributed by atoms with van der Waals surface area (Å²) >= 11 is 0. The van der Waals surface area contributed by atoms with Crippen LogP contribution in [0, 0.1) is 0 Å². The van der Waals surface area contributed by atoms with Gasteiger partial charge in [0.15, 0.2) is 0 Å². The minimum Gasteiger partial charge on any atom is -0.336 e. The molecule has 1 aliphatic rings. The van der Waals surface area contributed by atoms with Crippen molar-refractivity contribution >= 4 is 12.0 Å². The molecule has 0 spiro atoms. The number of hydrogen-bond donors (Lipinski definition) is 1. The van der Waals surface area contributed by atoms with E-state index in [4.69, 9.17) is 0 Å². The van der Waals surface area contributed by atoms with Crippen LogP contribution < -0.4 is 10.2 Å². The van der Waals surface area contributed by atoms with Gasteiger partial charge in [-0.05, 0) is 36.4 Å². The zero-order valence-corrected chi connectivity index (χ0v) is 13.4. The monoisotopic (exact) mass is 315 g/mol. The summed E-state index contributed by atoms with van der Waals surface area (Å²) in [4.78, 5) is 16.0. The van der Waals surface area contributed by atoms with E-state index in [-0.39, 0.29) is 12.1 Å². The third-order valence-electron chi connectivity index (χ3n) is 3.72. The van der Waals surface area contributed by atoms with Crippen molar-refractivity contribution in [3.05, 3.63) is 30.3 Å². The molecule has 2 aromatic rings. The van der Waals surface area contributed by atoms with Gasteiger partial charge in [-0.1, -0.05) is 23.3 Å². The number of nitrogens with one attached hydrogen (secondary N) is 1. The van der Waals surface area contributed by atoms with Crippen LogP contribution in [0.3, 0.4) is 0 Å². The van der Waals surface area contributed by atoms with Crippen LogP contribution in [0.1, 0.15) is 13.8 Å². The van der Waals surface area contributed by atoms with Crippen molar-refractivity contribution in [1.29, 1.82) is 0 Å². The highest BCUT2D eigenvalue weighted by Gasteiger charge is 2.24. The van der Waals surface area contributed by atoms with Gasteiger partial charge < -0.3 is 15.1 Å². The quantitative estimate of drug-likeness (QED) is 0.910. The summed E-state index contributed by atoms with van der Waals surface area (Å²) in [7, 11) is 0. The molecule has 8 nitrogen and oxygen atoms in total. The molecular formula is C15H21N7O. The van der Waals surface area contributed by atoms with Crippen LogP contribution in [-0.2, 0) is 0 Å². The fourth-order valence-electron chi connectivity index (χ4n) is 2.56. The van der Waals surface area contributed by atoms with Crippen molar-refractivity contribution in [1.82, 2.24) is 30.4 Å². The van der Waals surface area contributed by atoms with Crippen molar-refractivity contribution < 1.29 is 4.79 Å². The molecule has 1 aliphatic heterocycles. The number of benzene rings is 1. The van der Waals surface area contributed by atoms with Crippen LogP contribution in [0.25, 0.3) is 5.69 Å². The largest absolute Gasteiger partial charge is 0.336 e. The number of aromatic nitrogens is 4. The third kappa shape index (κ3) is 3.41. The maximum Gasteiger partial charge on any atom is 0.317 e. The molecule has 1 N–H and O–H groups in total. The normalized spacial score (nSPS) is 15.1. The standard InChI is InChI=1S/C15H21N7O/c1-12(2)16-15(23)21-10-8-20(9-11-21)14-17-18-19-22(14)13-6-4-3-5-7-13/h3-7,12H,8-11H2,1-2H3,(H,16,23). The van der Waals surface area contributed by atoms with Crippen LogP contribution in [0.2, 0.25) is 0 Å². The van der Waals surface area contributed by atoms with Gasteiger partial charge >= 0.3 is 6.03 Å². The number of carbonyl (C=O) groups is 1. The number of urea groups is 1. The minimum absolute atomic E-state index is 0.0118. The van der Waals surface area contributed by atoms with E-state index < -0.39 is 0 Å². The molecule has 1 aromatic heterocycles. The zero-order chi connectivity index (χ0) is 16.2. The fraction of sp³-hybridized carbons (Fsp3) is 0.467. The van der Waals surface area contributed by atoms with Gasteiger partial charge in [0.05, 0.1) is 5.69 Å². The second-order valence-electron chi connectivity index (χ2n) is 5.80. The molecule has 122 valence electrons. The summed E-state index contributed by atoms with van der Waals surface area (Å²) in [5.74, 6) is 0.708. The maximum absolute atomic E-state index is 12.0. The molecule has 1 fully saturated rings. The second-order valence-corrected chi connectivity index (χ2v) is 5.80. The number of anilines is 1. The lowest BCUT2D eigenvalue weighted by Crippen LogP contribution is -2.53. The van der Waals surface area contributed by atoms with E-state index in [1.165, 1.54) is 0 Å². The van der Waals surface area contributed by atoms with Crippen molar-refractivity contribution in [2.75, 3.05) is 31.1 Å². The van der Waals surface area contributed by atoms with Crippen LogP contribution in [0.5, 0.6) is 0 Å². The molecule has 2 amide bonds. The molecule has 0 aliphatic carbocycles. The number of hydrogen-bond acceptors (Lipinski definition) is 5. The summed E-state index contributed by atoms with van der Waals surface area (Å²) in [6.07, 6.45) is 0. The summed E-state index contributed by atoms with van der Waals surface area (Å²) in [5.41, 5.74) is 0.924. The van der Waals surface area contributed by atoms with Crippen molar-refractivity contribution in [3.8, 4) is 5.69 Å². The lowest BCUT2D eigenvalue weighted by atomic mass is 10.3. The number of rotatable bonds is 3. The maximum atomic E-state index is 12.0. The van der Waals surface area contributed by atoms with E-state index >= 15 is 0 Å². The average Bonchev–Trinajstić information content (AvgIpc) is 3.05. The molecule has 0 unspecified atom stereocenters. The van der Waals surface area contributed by atoms with E-state index in [9.17, 15) is 4.79 Å². The zero-order valence-electron chi connectivity index (χ0n) is 13.4. The lowest BCUT2D eigenvalue weighted by molar-refractivity contribution is 0.191. The van der Waals surface area contributed by atoms with Crippen LogP contribution in [-0.4, -0.2) is 63.4 Å². The Morgan fingerprint density at radius 3 is 2.48 bits per heavy atom. The molecular weight excluding hydrogens is 294 g/mol. The molecule has 1 aromatic carbocycles. The fourth-order valence-corrected chi connectivity index (χ4v) is 2.56. The summed E-state index contributed by atoms with van der Waals surface area (Å²) in [6, 6.07) is 9.93. The molecule has 23 heavy (non-hydrogen) atoms. The van der Waals surface area contributed by atoms with Crippen LogP contribution in [0.15, 0.2) is 30.3 Å². The molecule has 0 radical (unpaired) electrons. The van der Waals surface area contributed by atoms with Crippen molar-refractivity contribution in [2.45, 2.75) is 19.9 Å². The highest BCUT2D eigenvalue weighted by molar-refractivity contribution is 5.74. The number of carbonyl (C=O) groups excluding carboxylic acids is 1. The molecule has 1 saturated heterocycles. The van der Waals surface area contributed by atoms with E-state index in [0.717, 1.165) is 5.69 Å². The third-order valence-corrected chi connectivity index (χ3v) is 3.72. The smallest absolute Gasteiger partial charge is 0.317 e. The molecule has 0 bridgehead atoms. The number of nitrogens with zero attached hydrogens (tertiary/aromatic N) is 6. The van der Waals surface area contributed by atoms with Gasteiger partial charge in [-0.15, -0.1) is 0 Å². The van der Waals surface area contributed by atoms with Crippen molar-refractivity contribution in [3.63, 3.8) is 0 Å². The Morgan fingerprint density at radius 2 is 1.83 bits per heavy atom. The number of amides is 2. The molecule has 3 rings (SSSR count). The Kier molecular flexibility index (Phi) is 4.40. The van der Waals surface area contributed by atoms with Gasteiger partial charge in [-0.2, -0.15) is 4.68 Å².